The summed E-state index contributed by atoms with van der Waals surface area (Å²) in [6.45, 7) is 4.79. The lowest BCUT2D eigenvalue weighted by atomic mass is 9.66. The van der Waals surface area contributed by atoms with Crippen molar-refractivity contribution in [2.75, 3.05) is 12.9 Å². The van der Waals surface area contributed by atoms with Crippen molar-refractivity contribution < 1.29 is 42.4 Å². The molecule has 1 aromatic rings. The van der Waals surface area contributed by atoms with Gasteiger partial charge in [0.2, 0.25) is 0 Å². The highest BCUT2D eigenvalue weighted by Gasteiger charge is 2.67. The maximum absolute atomic E-state index is 14.3. The zero-order valence-electron chi connectivity index (χ0n) is 19.7. The van der Waals surface area contributed by atoms with Crippen LogP contribution in [0.4, 0.5) is 17.6 Å². The monoisotopic (exact) mass is 508 g/mol. The van der Waals surface area contributed by atoms with Crippen LogP contribution in [0.15, 0.2) is 11.6 Å². The van der Waals surface area contributed by atoms with E-state index in [1.807, 2.05) is 26.8 Å². The standard InChI is InChI=1S/C24H32F4O5S/c1-12(2)5-6-16-23(3,33-16)22-21(32-4)15(30)7-8-24(22,31)11-34-10-14-13(9-29)17(25)19(27)20(28)18(14)26/h5,15-16,21-22,29-31H,6-11H2,1-4H3. The SMILES string of the molecule is COC1C(O)CCC(O)(CSCc2c(F)c(F)c(F)c(F)c2CO)C1C1(C)OC1CC=C(C)C. The first-order chi connectivity index (χ1) is 15.9. The summed E-state index contributed by atoms with van der Waals surface area (Å²) in [6.07, 6.45) is 1.41. The highest BCUT2D eigenvalue weighted by Crippen LogP contribution is 2.55. The maximum atomic E-state index is 14.3. The predicted octanol–water partition coefficient (Wildman–Crippen LogP) is 4.00. The van der Waals surface area contributed by atoms with Gasteiger partial charge < -0.3 is 24.8 Å². The zero-order chi connectivity index (χ0) is 25.4. The second-order valence-electron chi connectivity index (χ2n) is 9.56. The molecule has 0 amide bonds. The molecule has 2 fully saturated rings. The van der Waals surface area contributed by atoms with Gasteiger partial charge in [-0.25, -0.2) is 17.6 Å². The van der Waals surface area contributed by atoms with Crippen LogP contribution in [0.5, 0.6) is 0 Å². The van der Waals surface area contributed by atoms with E-state index in [1.165, 1.54) is 7.11 Å². The lowest BCUT2D eigenvalue weighted by Crippen LogP contribution is -2.60. The first kappa shape index (κ1) is 27.4. The lowest BCUT2D eigenvalue weighted by Gasteiger charge is -2.48. The molecule has 0 radical (unpaired) electrons. The van der Waals surface area contributed by atoms with Gasteiger partial charge in [0.25, 0.3) is 0 Å². The maximum Gasteiger partial charge on any atom is 0.197 e. The third-order valence-electron chi connectivity index (χ3n) is 7.00. The molecule has 6 unspecified atom stereocenters. The van der Waals surface area contributed by atoms with Gasteiger partial charge in [-0.2, -0.15) is 11.8 Å². The van der Waals surface area contributed by atoms with Crippen LogP contribution in [0.25, 0.3) is 0 Å². The molecule has 34 heavy (non-hydrogen) atoms. The fourth-order valence-electron chi connectivity index (χ4n) is 5.10. The Hall–Kier alpha value is -1.17. The van der Waals surface area contributed by atoms with Crippen molar-refractivity contribution in [2.45, 2.75) is 81.9 Å². The summed E-state index contributed by atoms with van der Waals surface area (Å²) in [6, 6.07) is 0. The summed E-state index contributed by atoms with van der Waals surface area (Å²) < 4.78 is 67.3. The first-order valence-electron chi connectivity index (χ1n) is 11.2. The molecule has 3 rings (SSSR count). The van der Waals surface area contributed by atoms with Crippen LogP contribution in [0.2, 0.25) is 0 Å². The molecule has 0 spiro atoms. The van der Waals surface area contributed by atoms with Crippen LogP contribution in [0.3, 0.4) is 0 Å². The van der Waals surface area contributed by atoms with Crippen molar-refractivity contribution in [2.24, 2.45) is 5.92 Å². The van der Waals surface area contributed by atoms with Crippen molar-refractivity contribution in [3.05, 3.63) is 46.0 Å². The van der Waals surface area contributed by atoms with E-state index in [1.54, 1.807) is 0 Å². The largest absolute Gasteiger partial charge is 0.392 e. The van der Waals surface area contributed by atoms with Crippen molar-refractivity contribution in [1.29, 1.82) is 0 Å². The summed E-state index contributed by atoms with van der Waals surface area (Å²) in [5.41, 5.74) is -2.19. The number of ether oxygens (including phenoxy) is 2. The van der Waals surface area contributed by atoms with Gasteiger partial charge in [0, 0.05) is 35.7 Å². The molecule has 10 heteroatoms. The molecule has 1 aliphatic carbocycles. The molecule has 1 saturated heterocycles. The first-order valence-corrected chi connectivity index (χ1v) is 12.3. The number of hydrogen-bond acceptors (Lipinski definition) is 6. The third-order valence-corrected chi connectivity index (χ3v) is 8.19. The van der Waals surface area contributed by atoms with Gasteiger partial charge in [0.1, 0.15) is 5.60 Å². The molecule has 3 N–H and O–H groups in total. The number of benzene rings is 1. The number of hydrogen-bond donors (Lipinski definition) is 3. The minimum Gasteiger partial charge on any atom is -0.392 e. The van der Waals surface area contributed by atoms with Crippen molar-refractivity contribution in [1.82, 2.24) is 0 Å². The van der Waals surface area contributed by atoms with Gasteiger partial charge >= 0.3 is 0 Å². The van der Waals surface area contributed by atoms with Gasteiger partial charge in [-0.05, 0) is 40.0 Å². The summed E-state index contributed by atoms with van der Waals surface area (Å²) in [5, 5.41) is 31.6. The molecule has 1 aromatic carbocycles. The van der Waals surface area contributed by atoms with E-state index in [4.69, 9.17) is 9.47 Å². The van der Waals surface area contributed by atoms with E-state index in [0.717, 1.165) is 17.3 Å². The Morgan fingerprint density at radius 3 is 2.32 bits per heavy atom. The Kier molecular flexibility index (Phi) is 8.42. The summed E-state index contributed by atoms with van der Waals surface area (Å²) in [4.78, 5) is 0. The molecule has 1 saturated carbocycles. The third kappa shape index (κ3) is 5.03. The normalized spacial score (nSPS) is 33.1. The Labute approximate surface area is 201 Å². The summed E-state index contributed by atoms with van der Waals surface area (Å²) >= 11 is 0.998. The molecule has 0 aromatic heterocycles. The summed E-state index contributed by atoms with van der Waals surface area (Å²) in [5.74, 6) is -8.02. The lowest BCUT2D eigenvalue weighted by molar-refractivity contribution is -0.169. The van der Waals surface area contributed by atoms with Crippen LogP contribution in [0.1, 0.15) is 51.2 Å². The highest BCUT2D eigenvalue weighted by molar-refractivity contribution is 7.98. The van der Waals surface area contributed by atoms with E-state index in [2.05, 4.69) is 0 Å². The van der Waals surface area contributed by atoms with Gasteiger partial charge in [-0.1, -0.05) is 11.6 Å². The quantitative estimate of drug-likeness (QED) is 0.154. The van der Waals surface area contributed by atoms with E-state index in [0.29, 0.717) is 6.42 Å². The Bertz CT molecular complexity index is 941. The smallest absolute Gasteiger partial charge is 0.197 e. The van der Waals surface area contributed by atoms with Crippen LogP contribution in [-0.2, 0) is 21.8 Å². The van der Waals surface area contributed by atoms with Gasteiger partial charge in [-0.3, -0.25) is 0 Å². The molecule has 1 heterocycles. The Balaban J connectivity index is 1.83. The average Bonchev–Trinajstić information content (AvgIpc) is 3.46. The van der Waals surface area contributed by atoms with Gasteiger partial charge in [0.05, 0.1) is 30.5 Å². The van der Waals surface area contributed by atoms with Crippen LogP contribution >= 0.6 is 11.8 Å². The Morgan fingerprint density at radius 2 is 1.76 bits per heavy atom. The number of methoxy groups -OCH3 is 1. The average molecular weight is 509 g/mol. The van der Waals surface area contributed by atoms with Crippen LogP contribution < -0.4 is 0 Å². The predicted molar refractivity (Wildman–Crippen MR) is 120 cm³/mol. The number of aliphatic hydroxyl groups excluding tert-OH is 2. The molecule has 1 aliphatic heterocycles. The number of thioether (sulfide) groups is 1. The molecule has 0 bridgehead atoms. The Morgan fingerprint density at radius 1 is 1.15 bits per heavy atom. The van der Waals surface area contributed by atoms with E-state index in [9.17, 15) is 32.9 Å². The minimum absolute atomic E-state index is 0.0173. The van der Waals surface area contributed by atoms with Crippen molar-refractivity contribution in [3.63, 3.8) is 0 Å². The highest BCUT2D eigenvalue weighted by atomic mass is 32.2. The van der Waals surface area contributed by atoms with Crippen molar-refractivity contribution in [3.8, 4) is 0 Å². The topological polar surface area (TPSA) is 82.5 Å². The fraction of sp³-hybridized carbons (Fsp3) is 0.667. The van der Waals surface area contributed by atoms with E-state index < -0.39 is 70.3 Å². The molecular formula is C24H32F4O5S. The summed E-state index contributed by atoms with van der Waals surface area (Å²) in [7, 11) is 1.45. The second kappa shape index (κ2) is 10.4. The molecular weight excluding hydrogens is 476 g/mol. The molecule has 2 aliphatic rings. The number of rotatable bonds is 9. The van der Waals surface area contributed by atoms with Crippen molar-refractivity contribution >= 4 is 11.8 Å². The molecule has 5 nitrogen and oxygen atoms in total. The molecule has 6 atom stereocenters. The number of epoxide rings is 1. The minimum atomic E-state index is -1.97. The van der Waals surface area contributed by atoms with Crippen LogP contribution in [0, 0.1) is 29.2 Å². The number of aliphatic hydroxyl groups is 3. The van der Waals surface area contributed by atoms with E-state index >= 15 is 0 Å². The fourth-order valence-corrected chi connectivity index (χ4v) is 6.38. The number of allylic oxidation sites excluding steroid dienone is 1. The van der Waals surface area contributed by atoms with E-state index in [-0.39, 0.29) is 30.5 Å². The zero-order valence-corrected chi connectivity index (χ0v) is 20.5. The van der Waals surface area contributed by atoms with Crippen LogP contribution in [-0.4, -0.2) is 57.7 Å². The molecule has 192 valence electrons. The van der Waals surface area contributed by atoms with Gasteiger partial charge in [-0.15, -0.1) is 0 Å². The second-order valence-corrected chi connectivity index (χ2v) is 10.5. The van der Waals surface area contributed by atoms with Gasteiger partial charge in [0.15, 0.2) is 23.3 Å². The number of halogens is 4.